The first kappa shape index (κ1) is 16.8. The minimum absolute atomic E-state index is 0.133. The third-order valence-electron chi connectivity index (χ3n) is 6.11. The van der Waals surface area contributed by atoms with Crippen LogP contribution < -0.4 is 5.73 Å². The molecule has 0 bridgehead atoms. The number of amides is 1. The fraction of sp³-hybridized carbons (Fsp3) is 0.941. The lowest BCUT2D eigenvalue weighted by Gasteiger charge is -2.61. The Morgan fingerprint density at radius 1 is 1.33 bits per heavy atom. The molecule has 2 N–H and O–H groups in total. The lowest BCUT2D eigenvalue weighted by molar-refractivity contribution is -0.184. The Balaban J connectivity index is 2.17. The van der Waals surface area contributed by atoms with Crippen molar-refractivity contribution in [1.29, 1.82) is 0 Å². The molecule has 4 heteroatoms. The Kier molecular flexibility index (Phi) is 4.69. The summed E-state index contributed by atoms with van der Waals surface area (Å²) in [5.41, 5.74) is 5.65. The first-order valence-electron chi connectivity index (χ1n) is 8.54. The van der Waals surface area contributed by atoms with Gasteiger partial charge in [0, 0.05) is 31.0 Å². The quantitative estimate of drug-likeness (QED) is 0.819. The summed E-state index contributed by atoms with van der Waals surface area (Å²) in [5, 5.41) is 0. The molecule has 3 atom stereocenters. The number of nitrogens with zero attached hydrogens (tertiary/aromatic N) is 1. The molecule has 1 saturated carbocycles. The number of hydrogen-bond donors (Lipinski definition) is 1. The summed E-state index contributed by atoms with van der Waals surface area (Å²) >= 11 is 0. The van der Waals surface area contributed by atoms with Gasteiger partial charge >= 0.3 is 0 Å². The van der Waals surface area contributed by atoms with E-state index in [0.29, 0.717) is 5.92 Å². The van der Waals surface area contributed by atoms with Crippen LogP contribution in [0.2, 0.25) is 0 Å². The van der Waals surface area contributed by atoms with E-state index in [9.17, 15) is 4.79 Å². The third-order valence-corrected chi connectivity index (χ3v) is 6.11. The van der Waals surface area contributed by atoms with Gasteiger partial charge in [0.05, 0.1) is 6.10 Å². The van der Waals surface area contributed by atoms with E-state index >= 15 is 0 Å². The van der Waals surface area contributed by atoms with Crippen LogP contribution in [0.4, 0.5) is 0 Å². The van der Waals surface area contributed by atoms with Crippen molar-refractivity contribution in [1.82, 2.24) is 4.90 Å². The molecule has 4 nitrogen and oxygen atoms in total. The van der Waals surface area contributed by atoms with E-state index in [2.05, 4.69) is 34.6 Å². The summed E-state index contributed by atoms with van der Waals surface area (Å²) in [5.74, 6) is 0.890. The van der Waals surface area contributed by atoms with Gasteiger partial charge < -0.3 is 15.4 Å². The number of ether oxygens (including phenoxy) is 1. The minimum Gasteiger partial charge on any atom is -0.377 e. The minimum atomic E-state index is -0.754. The van der Waals surface area contributed by atoms with Crippen molar-refractivity contribution in [2.45, 2.75) is 65.5 Å². The van der Waals surface area contributed by atoms with Crippen molar-refractivity contribution in [2.24, 2.45) is 23.0 Å². The lowest BCUT2D eigenvalue weighted by atomic mass is 9.47. The van der Waals surface area contributed by atoms with E-state index in [1.165, 1.54) is 0 Å². The van der Waals surface area contributed by atoms with E-state index in [1.54, 1.807) is 0 Å². The van der Waals surface area contributed by atoms with Crippen molar-refractivity contribution in [3.63, 3.8) is 0 Å². The number of hydrogen-bond acceptors (Lipinski definition) is 3. The first-order valence-corrected chi connectivity index (χ1v) is 8.54. The average molecular weight is 296 g/mol. The van der Waals surface area contributed by atoms with Gasteiger partial charge in [0.2, 0.25) is 5.91 Å². The molecular weight excluding hydrogens is 264 g/mol. The Morgan fingerprint density at radius 2 is 1.95 bits per heavy atom. The van der Waals surface area contributed by atoms with Gasteiger partial charge in [0.1, 0.15) is 5.54 Å². The molecule has 0 spiro atoms. The smallest absolute Gasteiger partial charge is 0.243 e. The van der Waals surface area contributed by atoms with Crippen LogP contribution in [0.1, 0.15) is 53.9 Å². The highest BCUT2D eigenvalue weighted by Gasteiger charge is 2.71. The maximum Gasteiger partial charge on any atom is 0.243 e. The number of rotatable bonds is 6. The monoisotopic (exact) mass is 296 g/mol. The zero-order valence-corrected chi connectivity index (χ0v) is 14.3. The number of likely N-dealkylation sites (N-methyl/N-ethyl adjacent to an activating group) is 1. The predicted octanol–water partition coefficient (Wildman–Crippen LogP) is 2.41. The normalized spacial score (nSPS) is 33.7. The molecule has 1 saturated heterocycles. The van der Waals surface area contributed by atoms with Crippen LogP contribution in [-0.2, 0) is 9.53 Å². The molecule has 122 valence electrons. The number of carbonyl (C=O) groups excluding carboxylic acids is 1. The van der Waals surface area contributed by atoms with Gasteiger partial charge in [-0.1, -0.05) is 40.5 Å². The molecule has 0 radical (unpaired) electrons. The zero-order valence-electron chi connectivity index (χ0n) is 14.3. The van der Waals surface area contributed by atoms with E-state index in [4.69, 9.17) is 10.5 Å². The molecule has 0 aromatic carbocycles. The van der Waals surface area contributed by atoms with E-state index in [-0.39, 0.29) is 23.3 Å². The molecule has 1 heterocycles. The van der Waals surface area contributed by atoms with E-state index < -0.39 is 5.54 Å². The third kappa shape index (κ3) is 2.31. The highest BCUT2D eigenvalue weighted by molar-refractivity contribution is 5.89. The maximum absolute atomic E-state index is 13.1. The molecule has 0 aromatic rings. The summed E-state index contributed by atoms with van der Waals surface area (Å²) < 4.78 is 5.80. The van der Waals surface area contributed by atoms with Crippen LogP contribution >= 0.6 is 0 Å². The molecular formula is C17H32N2O2. The van der Waals surface area contributed by atoms with Crippen molar-refractivity contribution in [3.8, 4) is 0 Å². The second-order valence-corrected chi connectivity index (χ2v) is 7.30. The molecule has 2 rings (SSSR count). The molecule has 1 aliphatic heterocycles. The van der Waals surface area contributed by atoms with Crippen molar-refractivity contribution in [2.75, 3.05) is 19.7 Å². The Hall–Kier alpha value is -0.610. The van der Waals surface area contributed by atoms with Gasteiger partial charge in [-0.25, -0.2) is 0 Å². The summed E-state index contributed by atoms with van der Waals surface area (Å²) in [6.07, 6.45) is 3.28. The number of nitrogens with two attached hydrogens (primary N) is 1. The van der Waals surface area contributed by atoms with Crippen LogP contribution in [-0.4, -0.2) is 42.1 Å². The van der Waals surface area contributed by atoms with Gasteiger partial charge in [-0.05, 0) is 19.3 Å². The molecule has 3 unspecified atom stereocenters. The van der Waals surface area contributed by atoms with Crippen LogP contribution in [0.3, 0.4) is 0 Å². The Labute approximate surface area is 129 Å². The molecule has 2 aliphatic rings. The average Bonchev–Trinajstić information content (AvgIpc) is 2.95. The fourth-order valence-electron chi connectivity index (χ4n) is 4.29. The summed E-state index contributed by atoms with van der Waals surface area (Å²) in [6, 6.07) is 0. The van der Waals surface area contributed by atoms with Crippen LogP contribution in [0.15, 0.2) is 0 Å². The van der Waals surface area contributed by atoms with Gasteiger partial charge in [0.25, 0.3) is 0 Å². The second-order valence-electron chi connectivity index (χ2n) is 7.30. The van der Waals surface area contributed by atoms with Crippen LogP contribution in [0.25, 0.3) is 0 Å². The van der Waals surface area contributed by atoms with Crippen molar-refractivity contribution < 1.29 is 9.53 Å². The van der Waals surface area contributed by atoms with Crippen LogP contribution in [0, 0.1) is 17.3 Å². The molecule has 1 aliphatic carbocycles. The summed E-state index contributed by atoms with van der Waals surface area (Å²) in [6.45, 7) is 12.9. The fourth-order valence-corrected chi connectivity index (χ4v) is 4.29. The largest absolute Gasteiger partial charge is 0.377 e. The van der Waals surface area contributed by atoms with E-state index in [1.807, 2.05) is 4.90 Å². The van der Waals surface area contributed by atoms with Gasteiger partial charge in [0.15, 0.2) is 0 Å². The predicted molar refractivity (Wildman–Crippen MR) is 84.9 cm³/mol. The van der Waals surface area contributed by atoms with E-state index in [0.717, 1.165) is 39.0 Å². The van der Waals surface area contributed by atoms with Crippen molar-refractivity contribution >= 4 is 5.91 Å². The van der Waals surface area contributed by atoms with Crippen LogP contribution in [0.5, 0.6) is 0 Å². The molecule has 2 fully saturated rings. The number of fused-ring (bicyclic) bond motifs is 1. The lowest BCUT2D eigenvalue weighted by Crippen LogP contribution is -2.80. The Morgan fingerprint density at radius 3 is 2.48 bits per heavy atom. The molecule has 21 heavy (non-hydrogen) atoms. The summed E-state index contributed by atoms with van der Waals surface area (Å²) in [7, 11) is 0. The van der Waals surface area contributed by atoms with Gasteiger partial charge in [-0.3, -0.25) is 4.79 Å². The van der Waals surface area contributed by atoms with Gasteiger partial charge in [-0.2, -0.15) is 0 Å². The zero-order chi connectivity index (χ0) is 15.8. The maximum atomic E-state index is 13.1. The topological polar surface area (TPSA) is 55.6 Å². The Bertz CT molecular complexity index is 392. The number of carbonyl (C=O) groups is 1. The first-order chi connectivity index (χ1) is 9.84. The molecule has 1 amide bonds. The second kappa shape index (κ2) is 5.88. The standard InChI is InChI=1S/C17H32N2O2/c1-6-12(7-2)11-19(8-3)15(20)17(18)13-9-10-21-14(13)16(17,4)5/h12-14H,6-11,18H2,1-5H3. The highest BCUT2D eigenvalue weighted by Crippen LogP contribution is 2.58. The van der Waals surface area contributed by atoms with Gasteiger partial charge in [-0.15, -0.1) is 0 Å². The highest BCUT2D eigenvalue weighted by atomic mass is 16.5. The molecule has 0 aromatic heterocycles. The summed E-state index contributed by atoms with van der Waals surface area (Å²) in [4.78, 5) is 15.1. The van der Waals surface area contributed by atoms with Crippen molar-refractivity contribution in [3.05, 3.63) is 0 Å². The SMILES string of the molecule is CCC(CC)CN(CC)C(=O)C1(N)C2CCOC2C1(C)C.